The number of esters is 1. The van der Waals surface area contributed by atoms with E-state index in [4.69, 9.17) is 20.0 Å². The molecule has 6 heteroatoms. The molecule has 0 radical (unpaired) electrons. The van der Waals surface area contributed by atoms with E-state index in [0.29, 0.717) is 11.5 Å². The van der Waals surface area contributed by atoms with Crippen LogP contribution in [0.1, 0.15) is 44.2 Å². The van der Waals surface area contributed by atoms with Crippen LogP contribution in [0.5, 0.6) is 0 Å². The first-order valence-corrected chi connectivity index (χ1v) is 5.30. The minimum Gasteiger partial charge on any atom is -0.458 e. The Morgan fingerprint density at radius 3 is 2.59 bits per heavy atom. The van der Waals surface area contributed by atoms with Crippen LogP contribution in [0, 0.1) is 6.92 Å². The molecule has 0 amide bonds. The molecule has 0 saturated carbocycles. The fourth-order valence-corrected chi connectivity index (χ4v) is 1.20. The molecule has 6 nitrogen and oxygen atoms in total. The number of oxazole rings is 1. The molecule has 0 fully saturated rings. The number of nitrogens with zero attached hydrogens (tertiary/aromatic N) is 1. The highest BCUT2D eigenvalue weighted by Gasteiger charge is 2.27. The van der Waals surface area contributed by atoms with Crippen LogP contribution >= 0.6 is 0 Å². The molecule has 17 heavy (non-hydrogen) atoms. The molecule has 1 rings (SSSR count). The summed E-state index contributed by atoms with van der Waals surface area (Å²) in [4.78, 5) is 15.6. The monoisotopic (exact) mass is 242 g/mol. The van der Waals surface area contributed by atoms with Crippen molar-refractivity contribution in [3.63, 3.8) is 0 Å². The van der Waals surface area contributed by atoms with E-state index in [1.54, 1.807) is 27.7 Å². The highest BCUT2D eigenvalue weighted by atomic mass is 16.6. The number of ether oxygens (including phenoxy) is 1. The zero-order chi connectivity index (χ0) is 13.2. The average Bonchev–Trinajstić information content (AvgIpc) is 2.55. The Bertz CT molecular complexity index is 406. The molecule has 96 valence electrons. The van der Waals surface area contributed by atoms with Crippen LogP contribution < -0.4 is 5.73 Å². The van der Waals surface area contributed by atoms with Crippen LogP contribution in [0.25, 0.3) is 0 Å². The van der Waals surface area contributed by atoms with Crippen LogP contribution in [0.2, 0.25) is 0 Å². The van der Waals surface area contributed by atoms with Crippen molar-refractivity contribution in [2.45, 2.75) is 45.9 Å². The van der Waals surface area contributed by atoms with E-state index in [-0.39, 0.29) is 12.5 Å². The lowest BCUT2D eigenvalue weighted by Crippen LogP contribution is -2.31. The molecule has 0 aliphatic heterocycles. The molecule has 0 saturated heterocycles. The number of hydrogen-bond acceptors (Lipinski definition) is 6. The van der Waals surface area contributed by atoms with E-state index in [1.807, 2.05) is 0 Å². The second-order valence-corrected chi connectivity index (χ2v) is 4.73. The molecule has 0 aromatic carbocycles. The number of aliphatic hydroxyl groups is 1. The Kier molecular flexibility index (Phi) is 3.90. The van der Waals surface area contributed by atoms with Crippen molar-refractivity contribution in [1.82, 2.24) is 4.98 Å². The first-order chi connectivity index (χ1) is 7.74. The minimum atomic E-state index is -1.08. The number of carbonyl (C=O) groups is 1. The van der Waals surface area contributed by atoms with Crippen molar-refractivity contribution in [2.24, 2.45) is 5.73 Å². The first kappa shape index (κ1) is 13.7. The second kappa shape index (κ2) is 4.85. The number of aryl methyl sites for hydroxylation is 1. The molecular formula is C11H18N2O4. The molecule has 1 unspecified atom stereocenters. The van der Waals surface area contributed by atoms with Gasteiger partial charge in [0.1, 0.15) is 12.2 Å². The summed E-state index contributed by atoms with van der Waals surface area (Å²) in [5.74, 6) is -0.247. The van der Waals surface area contributed by atoms with Crippen LogP contribution in [0.4, 0.5) is 0 Å². The van der Waals surface area contributed by atoms with Crippen molar-refractivity contribution < 1.29 is 19.1 Å². The molecule has 1 heterocycles. The van der Waals surface area contributed by atoms with Crippen LogP contribution in [0.3, 0.4) is 0 Å². The quantitative estimate of drug-likeness (QED) is 0.761. The van der Waals surface area contributed by atoms with Gasteiger partial charge in [-0.15, -0.1) is 0 Å². The van der Waals surface area contributed by atoms with Crippen molar-refractivity contribution in [2.75, 3.05) is 0 Å². The zero-order valence-corrected chi connectivity index (χ0v) is 10.5. The third-order valence-corrected chi connectivity index (χ3v) is 1.98. The Hall–Kier alpha value is -1.40. The van der Waals surface area contributed by atoms with Gasteiger partial charge < -0.3 is 20.0 Å². The van der Waals surface area contributed by atoms with Gasteiger partial charge in [0.05, 0.1) is 5.69 Å². The molecule has 0 aliphatic carbocycles. The molecule has 1 atom stereocenters. The third kappa shape index (κ3) is 3.54. The van der Waals surface area contributed by atoms with Crippen LogP contribution in [0.15, 0.2) is 4.42 Å². The number of aliphatic hydroxyl groups excluding tert-OH is 1. The van der Waals surface area contributed by atoms with E-state index < -0.39 is 17.6 Å². The highest BCUT2D eigenvalue weighted by Crippen LogP contribution is 2.18. The van der Waals surface area contributed by atoms with Gasteiger partial charge in [-0.1, -0.05) is 0 Å². The molecule has 1 aromatic heterocycles. The predicted octanol–water partition coefficient (Wildman–Crippen LogP) is 0.817. The zero-order valence-electron chi connectivity index (χ0n) is 10.5. The van der Waals surface area contributed by atoms with E-state index >= 15 is 0 Å². The minimum absolute atomic E-state index is 0.0563. The lowest BCUT2D eigenvalue weighted by atomic mass is 10.2. The molecule has 0 bridgehead atoms. The van der Waals surface area contributed by atoms with Crippen molar-refractivity contribution in [3.05, 3.63) is 17.3 Å². The van der Waals surface area contributed by atoms with Gasteiger partial charge in [0.2, 0.25) is 5.89 Å². The summed E-state index contributed by atoms with van der Waals surface area (Å²) in [5.41, 5.74) is 5.57. The number of aromatic nitrogens is 1. The van der Waals surface area contributed by atoms with E-state index in [0.717, 1.165) is 0 Å². The average molecular weight is 242 g/mol. The van der Waals surface area contributed by atoms with Gasteiger partial charge in [0.15, 0.2) is 11.8 Å². The standard InChI is InChI=1S/C11H18N2O4/c1-6-7(5-14)16-9(13-6)8(12)10(15)17-11(2,3)4/h8,14H,5,12H2,1-4H3. The van der Waals surface area contributed by atoms with Gasteiger partial charge in [0, 0.05) is 0 Å². The van der Waals surface area contributed by atoms with Crippen molar-refractivity contribution >= 4 is 5.97 Å². The predicted molar refractivity (Wildman–Crippen MR) is 59.9 cm³/mol. The summed E-state index contributed by atoms with van der Waals surface area (Å²) in [5, 5.41) is 8.95. The van der Waals surface area contributed by atoms with Crippen LogP contribution in [-0.4, -0.2) is 21.7 Å². The Balaban J connectivity index is 2.81. The summed E-state index contributed by atoms with van der Waals surface area (Å²) < 4.78 is 10.3. The molecule has 1 aromatic rings. The third-order valence-electron chi connectivity index (χ3n) is 1.98. The Morgan fingerprint density at radius 1 is 1.59 bits per heavy atom. The number of rotatable bonds is 3. The fraction of sp³-hybridized carbons (Fsp3) is 0.636. The van der Waals surface area contributed by atoms with Gasteiger partial charge in [-0.25, -0.2) is 9.78 Å². The van der Waals surface area contributed by atoms with Gasteiger partial charge in [-0.2, -0.15) is 0 Å². The topological polar surface area (TPSA) is 98.6 Å². The van der Waals surface area contributed by atoms with Gasteiger partial charge in [-0.05, 0) is 27.7 Å². The van der Waals surface area contributed by atoms with Gasteiger partial charge in [0.25, 0.3) is 0 Å². The number of hydrogen-bond donors (Lipinski definition) is 2. The van der Waals surface area contributed by atoms with E-state index in [1.165, 1.54) is 0 Å². The van der Waals surface area contributed by atoms with Crippen molar-refractivity contribution in [1.29, 1.82) is 0 Å². The van der Waals surface area contributed by atoms with Gasteiger partial charge in [-0.3, -0.25) is 0 Å². The number of carbonyl (C=O) groups excluding carboxylic acids is 1. The SMILES string of the molecule is Cc1nc(C(N)C(=O)OC(C)(C)C)oc1CO. The lowest BCUT2D eigenvalue weighted by molar-refractivity contribution is -0.157. The summed E-state index contributed by atoms with van der Waals surface area (Å²) >= 11 is 0. The maximum Gasteiger partial charge on any atom is 0.333 e. The Morgan fingerprint density at radius 2 is 2.18 bits per heavy atom. The first-order valence-electron chi connectivity index (χ1n) is 5.30. The largest absolute Gasteiger partial charge is 0.458 e. The van der Waals surface area contributed by atoms with Gasteiger partial charge >= 0.3 is 5.97 Å². The summed E-state index contributed by atoms with van der Waals surface area (Å²) in [6.07, 6.45) is 0. The van der Waals surface area contributed by atoms with Crippen LogP contribution in [-0.2, 0) is 16.1 Å². The van der Waals surface area contributed by atoms with E-state index in [9.17, 15) is 4.79 Å². The fourth-order valence-electron chi connectivity index (χ4n) is 1.20. The summed E-state index contributed by atoms with van der Waals surface area (Å²) in [6.45, 7) is 6.63. The highest BCUT2D eigenvalue weighted by molar-refractivity contribution is 5.76. The summed E-state index contributed by atoms with van der Waals surface area (Å²) in [6, 6.07) is -1.08. The van der Waals surface area contributed by atoms with Crippen molar-refractivity contribution in [3.8, 4) is 0 Å². The van der Waals surface area contributed by atoms with E-state index in [2.05, 4.69) is 4.98 Å². The molecule has 0 spiro atoms. The lowest BCUT2D eigenvalue weighted by Gasteiger charge is -2.20. The smallest absolute Gasteiger partial charge is 0.333 e. The molecular weight excluding hydrogens is 224 g/mol. The number of nitrogens with two attached hydrogens (primary N) is 1. The maximum absolute atomic E-state index is 11.7. The second-order valence-electron chi connectivity index (χ2n) is 4.73. The maximum atomic E-state index is 11.7. The molecule has 3 N–H and O–H groups in total. The molecule has 0 aliphatic rings. The normalized spacial score (nSPS) is 13.5. The Labute approximate surface area is 99.8 Å². The summed E-state index contributed by atoms with van der Waals surface area (Å²) in [7, 11) is 0.